The van der Waals surface area contributed by atoms with Gasteiger partial charge < -0.3 is 4.74 Å². The first kappa shape index (κ1) is 8.04. The first-order valence-electron chi connectivity index (χ1n) is 4.15. The van der Waals surface area contributed by atoms with Crippen LogP contribution in [0.4, 0.5) is 5.69 Å². The molecule has 1 aromatic rings. The molecule has 13 heavy (non-hydrogen) atoms. The first-order chi connectivity index (χ1) is 6.31. The van der Waals surface area contributed by atoms with E-state index in [4.69, 9.17) is 4.74 Å². The van der Waals surface area contributed by atoms with E-state index >= 15 is 0 Å². The molecule has 0 fully saturated rings. The SMILES string of the molecule is Cc1ccc2c(c1)N(N=O)CCO2. The van der Waals surface area contributed by atoms with E-state index in [1.807, 2.05) is 25.1 Å². The summed E-state index contributed by atoms with van der Waals surface area (Å²) in [4.78, 5) is 10.5. The van der Waals surface area contributed by atoms with Crippen molar-refractivity contribution in [3.05, 3.63) is 28.7 Å². The van der Waals surface area contributed by atoms with E-state index in [1.54, 1.807) is 0 Å². The number of anilines is 1. The maximum absolute atomic E-state index is 10.5. The second-order valence-corrected chi connectivity index (χ2v) is 3.02. The van der Waals surface area contributed by atoms with Crippen molar-refractivity contribution in [2.24, 2.45) is 5.29 Å². The number of rotatable bonds is 1. The number of hydrogen-bond donors (Lipinski definition) is 0. The van der Waals surface area contributed by atoms with Gasteiger partial charge in [-0.15, -0.1) is 4.91 Å². The molecule has 0 amide bonds. The lowest BCUT2D eigenvalue weighted by molar-refractivity contribution is 0.308. The number of fused-ring (bicyclic) bond motifs is 1. The van der Waals surface area contributed by atoms with Crippen LogP contribution in [0.15, 0.2) is 23.5 Å². The predicted molar refractivity (Wildman–Crippen MR) is 49.8 cm³/mol. The lowest BCUT2D eigenvalue weighted by Gasteiger charge is -2.24. The fourth-order valence-electron chi connectivity index (χ4n) is 1.40. The van der Waals surface area contributed by atoms with Crippen molar-refractivity contribution < 1.29 is 4.74 Å². The number of ether oxygens (including phenoxy) is 1. The zero-order valence-electron chi connectivity index (χ0n) is 7.36. The molecule has 68 valence electrons. The minimum atomic E-state index is 0.516. The Kier molecular flexibility index (Phi) is 1.88. The van der Waals surface area contributed by atoms with Crippen molar-refractivity contribution >= 4 is 5.69 Å². The minimum absolute atomic E-state index is 0.516. The topological polar surface area (TPSA) is 41.9 Å². The van der Waals surface area contributed by atoms with Gasteiger partial charge in [0.1, 0.15) is 18.0 Å². The van der Waals surface area contributed by atoms with Crippen LogP contribution < -0.4 is 9.75 Å². The zero-order valence-corrected chi connectivity index (χ0v) is 7.36. The first-order valence-corrected chi connectivity index (χ1v) is 4.15. The molecule has 1 aliphatic heterocycles. The van der Waals surface area contributed by atoms with Gasteiger partial charge in [0.05, 0.1) is 11.8 Å². The Labute approximate surface area is 76.1 Å². The summed E-state index contributed by atoms with van der Waals surface area (Å²) in [5, 5.41) is 4.36. The van der Waals surface area contributed by atoms with Crippen LogP contribution in [0.3, 0.4) is 0 Å². The highest BCUT2D eigenvalue weighted by molar-refractivity contribution is 5.60. The standard InChI is InChI=1S/C9H10N2O2/c1-7-2-3-9-8(6-7)11(10-12)4-5-13-9/h2-3,6H,4-5H2,1H3. The van der Waals surface area contributed by atoms with Crippen molar-refractivity contribution in [2.45, 2.75) is 6.92 Å². The maximum Gasteiger partial charge on any atom is 0.144 e. The number of aryl methyl sites for hydroxylation is 1. The van der Waals surface area contributed by atoms with E-state index in [0.29, 0.717) is 13.2 Å². The Morgan fingerprint density at radius 2 is 2.38 bits per heavy atom. The molecular weight excluding hydrogens is 168 g/mol. The van der Waals surface area contributed by atoms with Crippen LogP contribution in [0.1, 0.15) is 5.56 Å². The molecule has 1 aliphatic rings. The number of hydrogen-bond acceptors (Lipinski definition) is 3. The van der Waals surface area contributed by atoms with Gasteiger partial charge in [0.2, 0.25) is 0 Å². The second-order valence-electron chi connectivity index (χ2n) is 3.02. The molecule has 1 aromatic carbocycles. The van der Waals surface area contributed by atoms with Crippen LogP contribution in [0.5, 0.6) is 5.75 Å². The van der Waals surface area contributed by atoms with E-state index < -0.39 is 0 Å². The van der Waals surface area contributed by atoms with Gasteiger partial charge >= 0.3 is 0 Å². The molecule has 0 unspecified atom stereocenters. The fourth-order valence-corrected chi connectivity index (χ4v) is 1.40. The average Bonchev–Trinajstić information content (AvgIpc) is 2.17. The maximum atomic E-state index is 10.5. The van der Waals surface area contributed by atoms with Gasteiger partial charge in [-0.25, -0.2) is 5.01 Å². The van der Waals surface area contributed by atoms with Crippen molar-refractivity contribution in [1.82, 2.24) is 0 Å². The molecular formula is C9H10N2O2. The summed E-state index contributed by atoms with van der Waals surface area (Å²) in [7, 11) is 0. The van der Waals surface area contributed by atoms with Gasteiger partial charge in [0, 0.05) is 0 Å². The third-order valence-electron chi connectivity index (χ3n) is 2.05. The van der Waals surface area contributed by atoms with Crippen LogP contribution in [-0.2, 0) is 0 Å². The summed E-state index contributed by atoms with van der Waals surface area (Å²) < 4.78 is 5.37. The van der Waals surface area contributed by atoms with E-state index in [9.17, 15) is 4.91 Å². The number of nitrogens with zero attached hydrogens (tertiary/aromatic N) is 2. The van der Waals surface area contributed by atoms with Crippen LogP contribution in [0.2, 0.25) is 0 Å². The van der Waals surface area contributed by atoms with E-state index in [0.717, 1.165) is 17.0 Å². The highest BCUT2D eigenvalue weighted by atomic mass is 16.5. The van der Waals surface area contributed by atoms with Crippen LogP contribution >= 0.6 is 0 Å². The molecule has 0 saturated carbocycles. The Morgan fingerprint density at radius 1 is 1.54 bits per heavy atom. The molecule has 0 spiro atoms. The van der Waals surface area contributed by atoms with Crippen LogP contribution in [-0.4, -0.2) is 13.2 Å². The number of benzene rings is 1. The second kappa shape index (κ2) is 3.05. The van der Waals surface area contributed by atoms with Gasteiger partial charge in [0.15, 0.2) is 0 Å². The molecule has 0 atom stereocenters. The highest BCUT2D eigenvalue weighted by Gasteiger charge is 2.17. The van der Waals surface area contributed by atoms with Gasteiger partial charge in [-0.1, -0.05) is 6.07 Å². The van der Waals surface area contributed by atoms with Crippen LogP contribution in [0, 0.1) is 11.8 Å². The largest absolute Gasteiger partial charge is 0.489 e. The molecule has 0 N–H and O–H groups in total. The van der Waals surface area contributed by atoms with Gasteiger partial charge in [-0.2, -0.15) is 0 Å². The Balaban J connectivity index is 2.47. The molecule has 1 heterocycles. The van der Waals surface area contributed by atoms with Crippen LogP contribution in [0.25, 0.3) is 0 Å². The normalized spacial score (nSPS) is 14.7. The monoisotopic (exact) mass is 178 g/mol. The molecule has 4 nitrogen and oxygen atoms in total. The van der Waals surface area contributed by atoms with Crippen molar-refractivity contribution in [3.8, 4) is 5.75 Å². The predicted octanol–water partition coefficient (Wildman–Crippen LogP) is 1.88. The van der Waals surface area contributed by atoms with Gasteiger partial charge in [-0.05, 0) is 24.6 Å². The Hall–Kier alpha value is -1.58. The van der Waals surface area contributed by atoms with E-state index in [1.165, 1.54) is 5.01 Å². The van der Waals surface area contributed by atoms with Crippen molar-refractivity contribution in [3.63, 3.8) is 0 Å². The quantitative estimate of drug-likeness (QED) is 0.616. The lowest BCUT2D eigenvalue weighted by Crippen LogP contribution is -2.27. The number of nitroso groups, excluding NO2 is 1. The minimum Gasteiger partial charge on any atom is -0.489 e. The molecule has 0 saturated heterocycles. The average molecular weight is 178 g/mol. The molecule has 4 heteroatoms. The third-order valence-corrected chi connectivity index (χ3v) is 2.05. The summed E-state index contributed by atoms with van der Waals surface area (Å²) in [5.74, 6) is 0.733. The van der Waals surface area contributed by atoms with Crippen molar-refractivity contribution in [2.75, 3.05) is 18.2 Å². The summed E-state index contributed by atoms with van der Waals surface area (Å²) in [6.07, 6.45) is 0. The van der Waals surface area contributed by atoms with Gasteiger partial charge in [-0.3, -0.25) is 0 Å². The summed E-state index contributed by atoms with van der Waals surface area (Å²) in [6.45, 7) is 3.01. The summed E-state index contributed by atoms with van der Waals surface area (Å²) in [6, 6.07) is 5.71. The molecule has 0 radical (unpaired) electrons. The van der Waals surface area contributed by atoms with Crippen molar-refractivity contribution in [1.29, 1.82) is 0 Å². The smallest absolute Gasteiger partial charge is 0.144 e. The molecule has 0 aromatic heterocycles. The Morgan fingerprint density at radius 3 is 3.15 bits per heavy atom. The molecule has 0 bridgehead atoms. The third kappa shape index (κ3) is 1.35. The molecule has 2 rings (SSSR count). The summed E-state index contributed by atoms with van der Waals surface area (Å²) >= 11 is 0. The Bertz CT molecular complexity index is 338. The van der Waals surface area contributed by atoms with E-state index in [2.05, 4.69) is 5.29 Å². The summed E-state index contributed by atoms with van der Waals surface area (Å²) in [5.41, 5.74) is 1.86. The van der Waals surface area contributed by atoms with E-state index in [-0.39, 0.29) is 0 Å². The molecule has 0 aliphatic carbocycles. The zero-order chi connectivity index (χ0) is 9.26. The lowest BCUT2D eigenvalue weighted by atomic mass is 10.2. The van der Waals surface area contributed by atoms with Gasteiger partial charge in [0.25, 0.3) is 0 Å². The highest BCUT2D eigenvalue weighted by Crippen LogP contribution is 2.32. The fraction of sp³-hybridized carbons (Fsp3) is 0.333.